The lowest BCUT2D eigenvalue weighted by Crippen LogP contribution is -1.98. The van der Waals surface area contributed by atoms with Crippen LogP contribution in [-0.2, 0) is 0 Å². The number of nitrogens with one attached hydrogen (secondary N) is 1. The Hall–Kier alpha value is -2.32. The normalized spacial score (nSPS) is 9.65. The van der Waals surface area contributed by atoms with Gasteiger partial charge in [0, 0.05) is 5.69 Å². The van der Waals surface area contributed by atoms with E-state index in [2.05, 4.69) is 15.5 Å². The van der Waals surface area contributed by atoms with Gasteiger partial charge in [0.1, 0.15) is 11.9 Å². The summed E-state index contributed by atoms with van der Waals surface area (Å²) in [6.07, 6.45) is 0. The highest BCUT2D eigenvalue weighted by Crippen LogP contribution is 2.22. The number of nitrogen functional groups attached to an aromatic ring is 1. The van der Waals surface area contributed by atoms with Crippen molar-refractivity contribution >= 4 is 28.9 Å². The number of anilines is 3. The summed E-state index contributed by atoms with van der Waals surface area (Å²) in [5.74, 6) is 0.911. The summed E-state index contributed by atoms with van der Waals surface area (Å²) in [5, 5.41) is 19.7. The third kappa shape index (κ3) is 2.62. The van der Waals surface area contributed by atoms with Crippen LogP contribution in [0, 0.1) is 11.3 Å². The van der Waals surface area contributed by atoms with E-state index in [0.29, 0.717) is 22.2 Å². The van der Waals surface area contributed by atoms with Gasteiger partial charge in [0.2, 0.25) is 0 Å². The second-order valence-corrected chi connectivity index (χ2v) is 3.68. The molecule has 2 aromatic rings. The molecule has 0 aliphatic heterocycles. The Kier molecular flexibility index (Phi) is 3.08. The van der Waals surface area contributed by atoms with Crippen molar-refractivity contribution in [2.75, 3.05) is 11.1 Å². The Labute approximate surface area is 103 Å². The lowest BCUT2D eigenvalue weighted by atomic mass is 10.2. The highest BCUT2D eigenvalue weighted by atomic mass is 35.5. The van der Waals surface area contributed by atoms with E-state index in [9.17, 15) is 0 Å². The van der Waals surface area contributed by atoms with Crippen LogP contribution in [0.15, 0.2) is 30.3 Å². The molecular formula is C11H8ClN5. The van der Waals surface area contributed by atoms with Crippen LogP contribution in [0.25, 0.3) is 0 Å². The van der Waals surface area contributed by atoms with Crippen molar-refractivity contribution in [2.24, 2.45) is 0 Å². The van der Waals surface area contributed by atoms with Crippen molar-refractivity contribution in [2.45, 2.75) is 0 Å². The smallest absolute Gasteiger partial charge is 0.153 e. The molecule has 0 atom stereocenters. The average molecular weight is 246 g/mol. The SMILES string of the molecule is N#Cc1ccc(Nc2ccc(N)nn2)cc1Cl. The molecule has 0 saturated heterocycles. The van der Waals surface area contributed by atoms with Gasteiger partial charge in [-0.05, 0) is 30.3 Å². The van der Waals surface area contributed by atoms with Crippen LogP contribution in [0.3, 0.4) is 0 Å². The predicted molar refractivity (Wildman–Crippen MR) is 65.9 cm³/mol. The first-order valence-electron chi connectivity index (χ1n) is 4.75. The summed E-state index contributed by atoms with van der Waals surface area (Å²) in [5.41, 5.74) is 6.58. The Morgan fingerprint density at radius 3 is 2.65 bits per heavy atom. The number of nitrogens with two attached hydrogens (primary N) is 1. The lowest BCUT2D eigenvalue weighted by Gasteiger charge is -2.05. The molecule has 0 aliphatic carbocycles. The lowest BCUT2D eigenvalue weighted by molar-refractivity contribution is 1.05. The summed E-state index contributed by atoms with van der Waals surface area (Å²) >= 11 is 5.90. The number of nitrogens with zero attached hydrogens (tertiary/aromatic N) is 3. The van der Waals surface area contributed by atoms with Crippen LogP contribution in [-0.4, -0.2) is 10.2 Å². The van der Waals surface area contributed by atoms with E-state index < -0.39 is 0 Å². The highest BCUT2D eigenvalue weighted by molar-refractivity contribution is 6.32. The van der Waals surface area contributed by atoms with Crippen molar-refractivity contribution in [3.63, 3.8) is 0 Å². The maximum atomic E-state index is 8.74. The zero-order chi connectivity index (χ0) is 12.3. The van der Waals surface area contributed by atoms with Crippen molar-refractivity contribution < 1.29 is 0 Å². The van der Waals surface area contributed by atoms with E-state index in [1.165, 1.54) is 0 Å². The average Bonchev–Trinajstić information content (AvgIpc) is 2.32. The second-order valence-electron chi connectivity index (χ2n) is 3.27. The fourth-order valence-corrected chi connectivity index (χ4v) is 1.46. The van der Waals surface area contributed by atoms with Gasteiger partial charge in [-0.25, -0.2) is 0 Å². The van der Waals surface area contributed by atoms with Crippen LogP contribution in [0.2, 0.25) is 5.02 Å². The van der Waals surface area contributed by atoms with E-state index in [1.54, 1.807) is 30.3 Å². The van der Waals surface area contributed by atoms with E-state index in [0.717, 1.165) is 5.69 Å². The van der Waals surface area contributed by atoms with E-state index in [1.807, 2.05) is 6.07 Å². The number of benzene rings is 1. The number of halogens is 1. The van der Waals surface area contributed by atoms with Crippen LogP contribution in [0.4, 0.5) is 17.3 Å². The monoisotopic (exact) mass is 245 g/mol. The fraction of sp³-hybridized carbons (Fsp3) is 0. The maximum absolute atomic E-state index is 8.74. The highest BCUT2D eigenvalue weighted by Gasteiger charge is 2.02. The second kappa shape index (κ2) is 4.68. The molecule has 1 heterocycles. The zero-order valence-electron chi connectivity index (χ0n) is 8.68. The Morgan fingerprint density at radius 2 is 2.06 bits per heavy atom. The summed E-state index contributed by atoms with van der Waals surface area (Å²) in [6, 6.07) is 10.4. The number of nitriles is 1. The predicted octanol–water partition coefficient (Wildman–Crippen LogP) is 2.33. The van der Waals surface area contributed by atoms with Crippen molar-refractivity contribution in [3.8, 4) is 6.07 Å². The van der Waals surface area contributed by atoms with Crippen molar-refractivity contribution in [1.29, 1.82) is 5.26 Å². The first-order valence-corrected chi connectivity index (χ1v) is 5.13. The molecule has 84 valence electrons. The van der Waals surface area contributed by atoms with Gasteiger partial charge in [-0.2, -0.15) is 5.26 Å². The Morgan fingerprint density at radius 1 is 1.24 bits per heavy atom. The molecule has 1 aromatic heterocycles. The van der Waals surface area contributed by atoms with Crippen molar-refractivity contribution in [1.82, 2.24) is 10.2 Å². The zero-order valence-corrected chi connectivity index (χ0v) is 9.44. The summed E-state index contributed by atoms with van der Waals surface area (Å²) in [4.78, 5) is 0. The summed E-state index contributed by atoms with van der Waals surface area (Å²) in [6.45, 7) is 0. The largest absolute Gasteiger partial charge is 0.382 e. The van der Waals surface area contributed by atoms with Gasteiger partial charge in [0.25, 0.3) is 0 Å². The van der Waals surface area contributed by atoms with Gasteiger partial charge < -0.3 is 11.1 Å². The molecule has 0 aliphatic rings. The van der Waals surface area contributed by atoms with Gasteiger partial charge in [0.05, 0.1) is 10.6 Å². The van der Waals surface area contributed by atoms with Crippen LogP contribution in [0.1, 0.15) is 5.56 Å². The van der Waals surface area contributed by atoms with Crippen LogP contribution in [0.5, 0.6) is 0 Å². The molecule has 1 aromatic carbocycles. The minimum absolute atomic E-state index is 0.355. The minimum Gasteiger partial charge on any atom is -0.382 e. The minimum atomic E-state index is 0.355. The Balaban J connectivity index is 2.22. The van der Waals surface area contributed by atoms with Gasteiger partial charge in [-0.15, -0.1) is 10.2 Å². The first-order chi connectivity index (χ1) is 8.19. The number of hydrogen-bond acceptors (Lipinski definition) is 5. The number of aromatic nitrogens is 2. The van der Waals surface area contributed by atoms with Crippen LogP contribution >= 0.6 is 11.6 Å². The van der Waals surface area contributed by atoms with Gasteiger partial charge in [-0.3, -0.25) is 0 Å². The topological polar surface area (TPSA) is 87.6 Å². The molecule has 3 N–H and O–H groups in total. The molecular weight excluding hydrogens is 238 g/mol. The molecule has 0 radical (unpaired) electrons. The quantitative estimate of drug-likeness (QED) is 0.848. The molecule has 5 nitrogen and oxygen atoms in total. The standard InChI is InChI=1S/C11H8ClN5/c12-9-5-8(2-1-7(9)6-13)15-11-4-3-10(14)16-17-11/h1-5H,(H2,14,16)(H,15,17). The summed E-state index contributed by atoms with van der Waals surface area (Å²) in [7, 11) is 0. The van der Waals surface area contributed by atoms with Crippen molar-refractivity contribution in [3.05, 3.63) is 40.9 Å². The molecule has 0 saturated carbocycles. The molecule has 2 rings (SSSR count). The summed E-state index contributed by atoms with van der Waals surface area (Å²) < 4.78 is 0. The van der Waals surface area contributed by atoms with Gasteiger partial charge in [-0.1, -0.05) is 11.6 Å². The molecule has 0 spiro atoms. The Bertz CT molecular complexity index is 573. The van der Waals surface area contributed by atoms with Crippen LogP contribution < -0.4 is 11.1 Å². The molecule has 6 heteroatoms. The molecule has 0 amide bonds. The van der Waals surface area contributed by atoms with E-state index in [4.69, 9.17) is 22.6 Å². The van der Waals surface area contributed by atoms with E-state index >= 15 is 0 Å². The molecule has 0 fully saturated rings. The number of rotatable bonds is 2. The maximum Gasteiger partial charge on any atom is 0.153 e. The van der Waals surface area contributed by atoms with E-state index in [-0.39, 0.29) is 0 Å². The first kappa shape index (κ1) is 11.2. The molecule has 17 heavy (non-hydrogen) atoms. The number of hydrogen-bond donors (Lipinski definition) is 2. The third-order valence-electron chi connectivity index (χ3n) is 2.05. The van der Waals surface area contributed by atoms with Gasteiger partial charge in [0.15, 0.2) is 5.82 Å². The molecule has 0 unspecified atom stereocenters. The molecule has 0 bridgehead atoms. The van der Waals surface area contributed by atoms with Gasteiger partial charge >= 0.3 is 0 Å². The fourth-order valence-electron chi connectivity index (χ4n) is 1.24. The third-order valence-corrected chi connectivity index (χ3v) is 2.36.